The van der Waals surface area contributed by atoms with Crippen LogP contribution in [-0.2, 0) is 12.8 Å². The average molecular weight is 439 g/mol. The highest BCUT2D eigenvalue weighted by molar-refractivity contribution is 7.15. The minimum atomic E-state index is -0.418. The van der Waals surface area contributed by atoms with Gasteiger partial charge in [0, 0.05) is 0 Å². The Balaban J connectivity index is 1.57. The monoisotopic (exact) mass is 438 g/mol. The van der Waals surface area contributed by atoms with Crippen LogP contribution in [0, 0.1) is 0 Å². The molecule has 4 N–H and O–H groups in total. The van der Waals surface area contributed by atoms with Gasteiger partial charge in [0.1, 0.15) is 0 Å². The van der Waals surface area contributed by atoms with Crippen molar-refractivity contribution in [3.63, 3.8) is 0 Å². The van der Waals surface area contributed by atoms with E-state index in [1.54, 1.807) is 12.1 Å². The summed E-state index contributed by atoms with van der Waals surface area (Å²) in [5.41, 5.74) is 2.03. The lowest BCUT2D eigenvalue weighted by molar-refractivity contribution is 0.0914. The van der Waals surface area contributed by atoms with Crippen molar-refractivity contribution >= 4 is 23.2 Å². The molecule has 0 aliphatic rings. The van der Waals surface area contributed by atoms with Crippen molar-refractivity contribution in [3.05, 3.63) is 93.7 Å². The molecule has 0 bridgehead atoms. The third kappa shape index (κ3) is 6.75. The van der Waals surface area contributed by atoms with E-state index >= 15 is 0 Å². The lowest BCUT2D eigenvalue weighted by Crippen LogP contribution is -2.39. The predicted molar refractivity (Wildman–Crippen MR) is 121 cm³/mol. The van der Waals surface area contributed by atoms with E-state index in [2.05, 4.69) is 10.6 Å². The average Bonchev–Trinajstić information content (AvgIpc) is 3.30. The van der Waals surface area contributed by atoms with Gasteiger partial charge in [-0.05, 0) is 36.1 Å². The molecule has 1 aromatic heterocycles. The van der Waals surface area contributed by atoms with E-state index in [0.29, 0.717) is 22.6 Å². The van der Waals surface area contributed by atoms with Crippen LogP contribution in [-0.4, -0.2) is 47.3 Å². The maximum atomic E-state index is 12.6. The van der Waals surface area contributed by atoms with Crippen LogP contribution < -0.4 is 10.6 Å². The van der Waals surface area contributed by atoms with Gasteiger partial charge >= 0.3 is 0 Å². The van der Waals surface area contributed by atoms with E-state index in [1.165, 1.54) is 0 Å². The largest absolute Gasteiger partial charge is 0.394 e. The van der Waals surface area contributed by atoms with Crippen molar-refractivity contribution in [3.8, 4) is 0 Å². The number of benzene rings is 2. The van der Waals surface area contributed by atoms with E-state index in [-0.39, 0.29) is 25.0 Å². The molecule has 0 saturated carbocycles. The fourth-order valence-electron chi connectivity index (χ4n) is 3.21. The Labute approximate surface area is 185 Å². The number of rotatable bonds is 10. The van der Waals surface area contributed by atoms with Gasteiger partial charge in [0.05, 0.1) is 35.1 Å². The summed E-state index contributed by atoms with van der Waals surface area (Å²) in [7, 11) is 0. The standard InChI is InChI=1S/C24H26N2O4S/c27-15-19(13-17-7-3-1-4-8-17)25-23(29)21-11-12-22(31-21)24(30)26-20(16-28)14-18-9-5-2-6-10-18/h1-12,19-20,27-28H,13-16H2,(H,25,29)(H,26,30)/t19-,20-/m0/s1. The smallest absolute Gasteiger partial charge is 0.261 e. The molecular weight excluding hydrogens is 412 g/mol. The van der Waals surface area contributed by atoms with Crippen LogP contribution in [0.3, 0.4) is 0 Å². The maximum Gasteiger partial charge on any atom is 0.261 e. The summed E-state index contributed by atoms with van der Waals surface area (Å²) < 4.78 is 0. The maximum absolute atomic E-state index is 12.6. The zero-order valence-electron chi connectivity index (χ0n) is 17.0. The Morgan fingerprint density at radius 1 is 0.677 bits per heavy atom. The van der Waals surface area contributed by atoms with Gasteiger partial charge in [-0.1, -0.05) is 60.7 Å². The number of nitrogens with one attached hydrogen (secondary N) is 2. The summed E-state index contributed by atoms with van der Waals surface area (Å²) in [6.07, 6.45) is 1.03. The number of carbonyl (C=O) groups excluding carboxylic acids is 2. The van der Waals surface area contributed by atoms with E-state index in [1.807, 2.05) is 60.7 Å². The number of amides is 2. The zero-order chi connectivity index (χ0) is 22.1. The second kappa shape index (κ2) is 11.4. The number of hydrogen-bond donors (Lipinski definition) is 4. The molecule has 2 atom stereocenters. The van der Waals surface area contributed by atoms with Crippen LogP contribution in [0.25, 0.3) is 0 Å². The Kier molecular flexibility index (Phi) is 8.35. The summed E-state index contributed by atoms with van der Waals surface area (Å²) in [5, 5.41) is 24.9. The first kappa shape index (κ1) is 22.7. The number of carbonyl (C=O) groups is 2. The lowest BCUT2D eigenvalue weighted by Gasteiger charge is -2.16. The molecule has 1 heterocycles. The molecule has 3 rings (SSSR count). The van der Waals surface area contributed by atoms with E-state index < -0.39 is 12.1 Å². The molecule has 7 heteroatoms. The van der Waals surface area contributed by atoms with Crippen molar-refractivity contribution in [1.82, 2.24) is 10.6 Å². The molecule has 0 spiro atoms. The van der Waals surface area contributed by atoms with Crippen molar-refractivity contribution in [2.75, 3.05) is 13.2 Å². The second-order valence-corrected chi connectivity index (χ2v) is 8.33. The van der Waals surface area contributed by atoms with Crippen LogP contribution in [0.5, 0.6) is 0 Å². The first-order valence-electron chi connectivity index (χ1n) is 10.1. The SMILES string of the molecule is O=C(N[C@H](CO)Cc1ccccc1)c1ccc(C(=O)N[C@H](CO)Cc2ccccc2)s1. The van der Waals surface area contributed by atoms with Crippen LogP contribution in [0.2, 0.25) is 0 Å². The third-order valence-corrected chi connectivity index (χ3v) is 5.90. The fourth-order valence-corrected chi connectivity index (χ4v) is 4.03. The number of hydrogen-bond acceptors (Lipinski definition) is 5. The lowest BCUT2D eigenvalue weighted by atomic mass is 10.1. The minimum Gasteiger partial charge on any atom is -0.394 e. The van der Waals surface area contributed by atoms with Gasteiger partial charge in [0.2, 0.25) is 0 Å². The normalized spacial score (nSPS) is 12.7. The molecule has 31 heavy (non-hydrogen) atoms. The van der Waals surface area contributed by atoms with E-state index in [0.717, 1.165) is 22.5 Å². The van der Waals surface area contributed by atoms with Crippen molar-refractivity contribution in [2.24, 2.45) is 0 Å². The van der Waals surface area contributed by atoms with Gasteiger partial charge in [-0.25, -0.2) is 0 Å². The summed E-state index contributed by atoms with van der Waals surface area (Å²) in [6.45, 7) is -0.367. The molecule has 0 unspecified atom stereocenters. The quantitative estimate of drug-likeness (QED) is 0.391. The molecule has 2 amide bonds. The van der Waals surface area contributed by atoms with Gasteiger partial charge in [-0.15, -0.1) is 11.3 Å². The Morgan fingerprint density at radius 2 is 1.06 bits per heavy atom. The van der Waals surface area contributed by atoms with Gasteiger partial charge in [-0.3, -0.25) is 9.59 Å². The van der Waals surface area contributed by atoms with Gasteiger partial charge in [-0.2, -0.15) is 0 Å². The number of aliphatic hydroxyl groups excluding tert-OH is 2. The first-order chi connectivity index (χ1) is 15.1. The van der Waals surface area contributed by atoms with Crippen LogP contribution in [0.1, 0.15) is 30.5 Å². The highest BCUT2D eigenvalue weighted by Crippen LogP contribution is 2.17. The van der Waals surface area contributed by atoms with Crippen molar-refractivity contribution in [2.45, 2.75) is 24.9 Å². The first-order valence-corrected chi connectivity index (χ1v) is 10.9. The molecule has 162 valence electrons. The van der Waals surface area contributed by atoms with Crippen LogP contribution in [0.15, 0.2) is 72.8 Å². The molecule has 0 saturated heterocycles. The molecule has 0 radical (unpaired) electrons. The van der Waals surface area contributed by atoms with E-state index in [4.69, 9.17) is 0 Å². The highest BCUT2D eigenvalue weighted by atomic mass is 32.1. The fraction of sp³-hybridized carbons (Fsp3) is 0.250. The van der Waals surface area contributed by atoms with E-state index in [9.17, 15) is 19.8 Å². The number of aliphatic hydroxyl groups is 2. The minimum absolute atomic E-state index is 0.184. The molecule has 0 fully saturated rings. The summed E-state index contributed by atoms with van der Waals surface area (Å²) in [6, 6.07) is 21.6. The summed E-state index contributed by atoms with van der Waals surface area (Å²) in [4.78, 5) is 25.9. The molecule has 3 aromatic rings. The zero-order valence-corrected chi connectivity index (χ0v) is 17.8. The molecule has 0 aliphatic heterocycles. The second-order valence-electron chi connectivity index (χ2n) is 7.25. The van der Waals surface area contributed by atoms with Gasteiger partial charge in [0.25, 0.3) is 11.8 Å². The predicted octanol–water partition coefficient (Wildman–Crippen LogP) is 2.41. The van der Waals surface area contributed by atoms with Gasteiger partial charge in [0.15, 0.2) is 0 Å². The molecule has 2 aromatic carbocycles. The summed E-state index contributed by atoms with van der Waals surface area (Å²) in [5.74, 6) is -0.663. The molecule has 0 aliphatic carbocycles. The molecule has 6 nitrogen and oxygen atoms in total. The summed E-state index contributed by atoms with van der Waals surface area (Å²) >= 11 is 1.08. The highest BCUT2D eigenvalue weighted by Gasteiger charge is 2.19. The Morgan fingerprint density at radius 3 is 1.42 bits per heavy atom. The third-order valence-electron chi connectivity index (χ3n) is 4.81. The molecular formula is C24H26N2O4S. The Hall–Kier alpha value is -3.00. The van der Waals surface area contributed by atoms with Crippen LogP contribution >= 0.6 is 11.3 Å². The Bertz CT molecular complexity index is 898. The van der Waals surface area contributed by atoms with Crippen molar-refractivity contribution in [1.29, 1.82) is 0 Å². The number of thiophene rings is 1. The van der Waals surface area contributed by atoms with Crippen molar-refractivity contribution < 1.29 is 19.8 Å². The topological polar surface area (TPSA) is 98.7 Å². The van der Waals surface area contributed by atoms with Gasteiger partial charge < -0.3 is 20.8 Å². The van der Waals surface area contributed by atoms with Crippen LogP contribution in [0.4, 0.5) is 0 Å².